The van der Waals surface area contributed by atoms with Gasteiger partial charge in [0.05, 0.1) is 6.10 Å². The molecular formula is C14H28O. The van der Waals surface area contributed by atoms with Crippen LogP contribution in [0.5, 0.6) is 0 Å². The van der Waals surface area contributed by atoms with Gasteiger partial charge >= 0.3 is 0 Å². The lowest BCUT2D eigenvalue weighted by molar-refractivity contribution is 0.0973. The van der Waals surface area contributed by atoms with Crippen LogP contribution in [0.25, 0.3) is 0 Å². The highest BCUT2D eigenvalue weighted by atomic mass is 16.3. The van der Waals surface area contributed by atoms with Crippen molar-refractivity contribution in [3.63, 3.8) is 0 Å². The molecule has 1 fully saturated rings. The lowest BCUT2D eigenvalue weighted by atomic mass is 9.68. The Morgan fingerprint density at radius 1 is 1.33 bits per heavy atom. The fraction of sp³-hybridized carbons (Fsp3) is 1.00. The lowest BCUT2D eigenvalue weighted by Crippen LogP contribution is -2.30. The zero-order valence-electron chi connectivity index (χ0n) is 11.1. The Morgan fingerprint density at radius 2 is 1.93 bits per heavy atom. The van der Waals surface area contributed by atoms with Crippen molar-refractivity contribution in [1.82, 2.24) is 0 Å². The lowest BCUT2D eigenvalue weighted by Gasteiger charge is -2.37. The van der Waals surface area contributed by atoms with Crippen molar-refractivity contribution < 1.29 is 5.11 Å². The maximum Gasteiger partial charge on any atom is 0.0512 e. The molecule has 0 aliphatic heterocycles. The van der Waals surface area contributed by atoms with Crippen LogP contribution in [0.4, 0.5) is 0 Å². The summed E-state index contributed by atoms with van der Waals surface area (Å²) in [5.41, 5.74) is 0.508. The molecule has 90 valence electrons. The van der Waals surface area contributed by atoms with E-state index in [-0.39, 0.29) is 6.10 Å². The summed E-state index contributed by atoms with van der Waals surface area (Å²) in [6, 6.07) is 0. The minimum Gasteiger partial charge on any atom is -0.393 e. The summed E-state index contributed by atoms with van der Waals surface area (Å²) in [5, 5.41) is 9.41. The molecule has 0 bridgehead atoms. The molecule has 0 spiro atoms. The molecule has 0 aromatic carbocycles. The summed E-state index contributed by atoms with van der Waals surface area (Å²) in [6.45, 7) is 11.5. The van der Waals surface area contributed by atoms with Gasteiger partial charge in [-0.1, -0.05) is 27.7 Å². The van der Waals surface area contributed by atoms with Gasteiger partial charge in [-0.3, -0.25) is 0 Å². The normalized spacial score (nSPS) is 38.6. The first-order valence-corrected chi connectivity index (χ1v) is 6.56. The van der Waals surface area contributed by atoms with Crippen LogP contribution in [0.1, 0.15) is 60.3 Å². The third-order valence-electron chi connectivity index (χ3n) is 4.89. The third kappa shape index (κ3) is 2.75. The number of rotatable bonds is 4. The molecule has 1 N–H and O–H groups in total. The van der Waals surface area contributed by atoms with Crippen LogP contribution in [0.15, 0.2) is 0 Å². The topological polar surface area (TPSA) is 20.2 Å². The van der Waals surface area contributed by atoms with E-state index in [1.54, 1.807) is 0 Å². The molecule has 1 aliphatic carbocycles. The molecule has 1 rings (SSSR count). The summed E-state index contributed by atoms with van der Waals surface area (Å²) in [6.07, 6.45) is 4.79. The van der Waals surface area contributed by atoms with E-state index < -0.39 is 0 Å². The summed E-state index contributed by atoms with van der Waals surface area (Å²) in [4.78, 5) is 0. The van der Waals surface area contributed by atoms with Crippen LogP contribution < -0.4 is 0 Å². The van der Waals surface area contributed by atoms with Gasteiger partial charge in [0.1, 0.15) is 0 Å². The second-order valence-electron chi connectivity index (χ2n) is 6.21. The van der Waals surface area contributed by atoms with E-state index in [4.69, 9.17) is 0 Å². The van der Waals surface area contributed by atoms with Crippen molar-refractivity contribution in [2.45, 2.75) is 66.4 Å². The van der Waals surface area contributed by atoms with Crippen molar-refractivity contribution in [3.05, 3.63) is 0 Å². The predicted octanol–water partition coefficient (Wildman–Crippen LogP) is 3.86. The molecule has 0 unspecified atom stereocenters. The SMILES string of the molecule is CC(C)[C@@]1(C)CC[C@@H](C)[C@H]1CC[C@@H](C)O. The molecule has 0 amide bonds. The monoisotopic (exact) mass is 212 g/mol. The molecular weight excluding hydrogens is 184 g/mol. The highest BCUT2D eigenvalue weighted by Gasteiger charge is 2.44. The Morgan fingerprint density at radius 3 is 2.40 bits per heavy atom. The van der Waals surface area contributed by atoms with E-state index >= 15 is 0 Å². The first kappa shape index (κ1) is 13.0. The highest BCUT2D eigenvalue weighted by molar-refractivity contribution is 4.94. The Balaban J connectivity index is 2.64. The zero-order chi connectivity index (χ0) is 11.6. The summed E-state index contributed by atoms with van der Waals surface area (Å²) < 4.78 is 0. The second-order valence-corrected chi connectivity index (χ2v) is 6.21. The third-order valence-corrected chi connectivity index (χ3v) is 4.89. The van der Waals surface area contributed by atoms with E-state index in [2.05, 4.69) is 27.7 Å². The second kappa shape index (κ2) is 4.86. The van der Waals surface area contributed by atoms with Crippen molar-refractivity contribution in [2.24, 2.45) is 23.2 Å². The standard InChI is InChI=1S/C14H28O/c1-10(2)14(5)9-8-11(3)13(14)7-6-12(4)15/h10-13,15H,6-9H2,1-5H3/t11-,12-,13-,14-/m1/s1. The maximum absolute atomic E-state index is 9.41. The maximum atomic E-state index is 9.41. The van der Waals surface area contributed by atoms with Crippen molar-refractivity contribution >= 4 is 0 Å². The van der Waals surface area contributed by atoms with Gasteiger partial charge in [0.15, 0.2) is 0 Å². The minimum atomic E-state index is -0.130. The van der Waals surface area contributed by atoms with Gasteiger partial charge in [-0.15, -0.1) is 0 Å². The fourth-order valence-corrected chi connectivity index (χ4v) is 3.33. The molecule has 1 heteroatoms. The summed E-state index contributed by atoms with van der Waals surface area (Å²) >= 11 is 0. The van der Waals surface area contributed by atoms with E-state index in [0.29, 0.717) is 5.41 Å². The van der Waals surface area contributed by atoms with E-state index in [9.17, 15) is 5.11 Å². The van der Waals surface area contributed by atoms with Crippen LogP contribution in [0.2, 0.25) is 0 Å². The first-order valence-electron chi connectivity index (χ1n) is 6.56. The molecule has 0 aromatic heterocycles. The van der Waals surface area contributed by atoms with Gasteiger partial charge < -0.3 is 5.11 Å². The molecule has 15 heavy (non-hydrogen) atoms. The van der Waals surface area contributed by atoms with Crippen molar-refractivity contribution in [3.8, 4) is 0 Å². The molecule has 0 heterocycles. The number of aliphatic hydroxyl groups is 1. The van der Waals surface area contributed by atoms with Gasteiger partial charge in [-0.2, -0.15) is 0 Å². The van der Waals surface area contributed by atoms with Gasteiger partial charge in [0, 0.05) is 0 Å². The van der Waals surface area contributed by atoms with E-state index in [0.717, 1.165) is 24.2 Å². The Bertz CT molecular complexity index is 198. The average molecular weight is 212 g/mol. The zero-order valence-corrected chi connectivity index (χ0v) is 11.1. The average Bonchev–Trinajstić information content (AvgIpc) is 2.41. The van der Waals surface area contributed by atoms with Gasteiger partial charge in [-0.25, -0.2) is 0 Å². The molecule has 4 atom stereocenters. The quantitative estimate of drug-likeness (QED) is 0.750. The number of hydrogen-bond donors (Lipinski definition) is 1. The van der Waals surface area contributed by atoms with Crippen LogP contribution in [0.3, 0.4) is 0 Å². The molecule has 0 aromatic rings. The minimum absolute atomic E-state index is 0.130. The van der Waals surface area contributed by atoms with E-state index in [1.165, 1.54) is 19.3 Å². The van der Waals surface area contributed by atoms with Crippen LogP contribution in [-0.4, -0.2) is 11.2 Å². The van der Waals surface area contributed by atoms with Crippen molar-refractivity contribution in [1.29, 1.82) is 0 Å². The van der Waals surface area contributed by atoms with E-state index in [1.807, 2.05) is 6.92 Å². The molecule has 1 nitrogen and oxygen atoms in total. The number of hydrogen-bond acceptors (Lipinski definition) is 1. The Labute approximate surface area is 95.3 Å². The summed E-state index contributed by atoms with van der Waals surface area (Å²) in [5.74, 6) is 2.42. The van der Waals surface area contributed by atoms with Crippen LogP contribution in [0, 0.1) is 23.2 Å². The van der Waals surface area contributed by atoms with Gasteiger partial charge in [0.2, 0.25) is 0 Å². The molecule has 0 radical (unpaired) electrons. The predicted molar refractivity (Wildman–Crippen MR) is 65.7 cm³/mol. The van der Waals surface area contributed by atoms with Crippen molar-refractivity contribution in [2.75, 3.05) is 0 Å². The molecule has 0 saturated heterocycles. The Kier molecular flexibility index (Phi) is 4.22. The largest absolute Gasteiger partial charge is 0.393 e. The van der Waals surface area contributed by atoms with Crippen LogP contribution >= 0.6 is 0 Å². The Hall–Kier alpha value is -0.0400. The smallest absolute Gasteiger partial charge is 0.0512 e. The fourth-order valence-electron chi connectivity index (χ4n) is 3.33. The van der Waals surface area contributed by atoms with Gasteiger partial charge in [0.25, 0.3) is 0 Å². The first-order chi connectivity index (χ1) is 6.88. The van der Waals surface area contributed by atoms with Gasteiger partial charge in [-0.05, 0) is 55.8 Å². The van der Waals surface area contributed by atoms with Crippen LogP contribution in [-0.2, 0) is 0 Å². The number of aliphatic hydroxyl groups excluding tert-OH is 1. The highest BCUT2D eigenvalue weighted by Crippen LogP contribution is 2.53. The summed E-state index contributed by atoms with van der Waals surface area (Å²) in [7, 11) is 0. The molecule has 1 saturated carbocycles. The molecule has 1 aliphatic rings.